The molecule has 0 aliphatic rings. The molecule has 0 amide bonds. The third-order valence-corrected chi connectivity index (χ3v) is 3.94. The molecule has 6 nitrogen and oxygen atoms in total. The van der Waals surface area contributed by atoms with Crippen LogP contribution in [0.4, 0.5) is 23.0 Å². The van der Waals surface area contributed by atoms with Gasteiger partial charge < -0.3 is 20.1 Å². The Hall–Kier alpha value is -2.99. The van der Waals surface area contributed by atoms with E-state index in [-0.39, 0.29) is 0 Å². The Kier molecular flexibility index (Phi) is 5.43. The molecule has 26 heavy (non-hydrogen) atoms. The predicted octanol–water partition coefficient (Wildman–Crippen LogP) is 4.94. The fourth-order valence-electron chi connectivity index (χ4n) is 2.47. The minimum Gasteiger partial charge on any atom is -0.495 e. The van der Waals surface area contributed by atoms with Crippen molar-refractivity contribution in [1.82, 2.24) is 9.97 Å². The van der Waals surface area contributed by atoms with Crippen LogP contribution in [0, 0.1) is 6.92 Å². The van der Waals surface area contributed by atoms with E-state index in [1.807, 2.05) is 25.1 Å². The zero-order chi connectivity index (χ0) is 18.5. The molecule has 0 unspecified atom stereocenters. The summed E-state index contributed by atoms with van der Waals surface area (Å²) >= 11 is 6.07. The second-order valence-electron chi connectivity index (χ2n) is 5.59. The maximum atomic E-state index is 6.07. The summed E-state index contributed by atoms with van der Waals surface area (Å²) in [7, 11) is 3.24. The van der Waals surface area contributed by atoms with Gasteiger partial charge in [-0.05, 0) is 42.8 Å². The molecule has 134 valence electrons. The van der Waals surface area contributed by atoms with Gasteiger partial charge in [0.2, 0.25) is 0 Å². The molecular weight excluding hydrogens is 352 g/mol. The summed E-state index contributed by atoms with van der Waals surface area (Å²) in [4.78, 5) is 8.52. The molecule has 1 aromatic heterocycles. The van der Waals surface area contributed by atoms with Crippen molar-refractivity contribution in [2.24, 2.45) is 0 Å². The van der Waals surface area contributed by atoms with E-state index in [9.17, 15) is 0 Å². The van der Waals surface area contributed by atoms with Crippen LogP contribution in [0.2, 0.25) is 5.02 Å². The predicted molar refractivity (Wildman–Crippen MR) is 104 cm³/mol. The number of nitrogens with zero attached hydrogens (tertiary/aromatic N) is 2. The van der Waals surface area contributed by atoms with Gasteiger partial charge in [0.25, 0.3) is 0 Å². The second kappa shape index (κ2) is 7.93. The highest BCUT2D eigenvalue weighted by atomic mass is 35.5. The van der Waals surface area contributed by atoms with E-state index in [2.05, 4.69) is 20.6 Å². The Morgan fingerprint density at radius 3 is 2.00 bits per heavy atom. The van der Waals surface area contributed by atoms with E-state index in [1.165, 1.54) is 6.33 Å². The number of halogens is 1. The van der Waals surface area contributed by atoms with Crippen LogP contribution in [0.1, 0.15) is 5.56 Å². The van der Waals surface area contributed by atoms with E-state index < -0.39 is 0 Å². The lowest BCUT2D eigenvalue weighted by Gasteiger charge is -2.13. The SMILES string of the molecule is COc1ccc(C)cc1Nc1cc(Nc2cc(Cl)ccc2OC)ncn1. The Labute approximate surface area is 157 Å². The first-order chi connectivity index (χ1) is 12.6. The van der Waals surface area contributed by atoms with Gasteiger partial charge >= 0.3 is 0 Å². The van der Waals surface area contributed by atoms with Crippen molar-refractivity contribution in [3.05, 3.63) is 59.4 Å². The molecule has 0 bridgehead atoms. The number of hydrogen-bond donors (Lipinski definition) is 2. The molecule has 0 fully saturated rings. The Balaban J connectivity index is 1.85. The van der Waals surface area contributed by atoms with Gasteiger partial charge in [-0.15, -0.1) is 0 Å². The number of methoxy groups -OCH3 is 2. The van der Waals surface area contributed by atoms with Gasteiger partial charge in [0, 0.05) is 11.1 Å². The number of benzene rings is 2. The number of aromatic nitrogens is 2. The van der Waals surface area contributed by atoms with Gasteiger partial charge in [-0.2, -0.15) is 0 Å². The zero-order valence-corrected chi connectivity index (χ0v) is 15.5. The van der Waals surface area contributed by atoms with Gasteiger partial charge in [0.05, 0.1) is 25.6 Å². The molecule has 0 spiro atoms. The van der Waals surface area contributed by atoms with E-state index >= 15 is 0 Å². The van der Waals surface area contributed by atoms with Crippen molar-refractivity contribution in [1.29, 1.82) is 0 Å². The highest BCUT2D eigenvalue weighted by molar-refractivity contribution is 6.31. The highest BCUT2D eigenvalue weighted by Crippen LogP contribution is 2.31. The topological polar surface area (TPSA) is 68.3 Å². The molecule has 0 atom stereocenters. The van der Waals surface area contributed by atoms with Crippen molar-refractivity contribution >= 4 is 34.6 Å². The third-order valence-electron chi connectivity index (χ3n) is 3.71. The monoisotopic (exact) mass is 370 g/mol. The third kappa shape index (κ3) is 4.15. The van der Waals surface area contributed by atoms with Crippen LogP contribution in [0.25, 0.3) is 0 Å². The molecule has 2 N–H and O–H groups in total. The van der Waals surface area contributed by atoms with Crippen molar-refractivity contribution < 1.29 is 9.47 Å². The van der Waals surface area contributed by atoms with Gasteiger partial charge in [-0.3, -0.25) is 0 Å². The van der Waals surface area contributed by atoms with Gasteiger partial charge in [-0.25, -0.2) is 9.97 Å². The largest absolute Gasteiger partial charge is 0.495 e. The van der Waals surface area contributed by atoms with Crippen LogP contribution >= 0.6 is 11.6 Å². The second-order valence-corrected chi connectivity index (χ2v) is 6.02. The van der Waals surface area contributed by atoms with Crippen LogP contribution in [0.3, 0.4) is 0 Å². The zero-order valence-electron chi connectivity index (χ0n) is 14.7. The number of aryl methyl sites for hydroxylation is 1. The fourth-order valence-corrected chi connectivity index (χ4v) is 2.64. The van der Waals surface area contributed by atoms with Crippen molar-refractivity contribution in [2.75, 3.05) is 24.9 Å². The lowest BCUT2D eigenvalue weighted by molar-refractivity contribution is 0.416. The maximum absolute atomic E-state index is 6.07. The van der Waals surface area contributed by atoms with Gasteiger partial charge in [-0.1, -0.05) is 17.7 Å². The molecule has 0 radical (unpaired) electrons. The van der Waals surface area contributed by atoms with Crippen LogP contribution in [-0.2, 0) is 0 Å². The summed E-state index contributed by atoms with van der Waals surface area (Å²) in [6, 6.07) is 13.0. The number of anilines is 4. The molecule has 3 rings (SSSR count). The molecule has 0 saturated heterocycles. The molecule has 7 heteroatoms. The average molecular weight is 371 g/mol. The summed E-state index contributed by atoms with van der Waals surface area (Å²) in [6.07, 6.45) is 1.48. The summed E-state index contributed by atoms with van der Waals surface area (Å²) in [5, 5.41) is 7.06. The summed E-state index contributed by atoms with van der Waals surface area (Å²) in [6.45, 7) is 2.02. The Bertz CT molecular complexity index is 847. The van der Waals surface area contributed by atoms with Gasteiger partial charge in [0.15, 0.2) is 0 Å². The number of ether oxygens (including phenoxy) is 2. The first kappa shape index (κ1) is 17.8. The van der Waals surface area contributed by atoms with E-state index in [0.717, 1.165) is 22.7 Å². The quantitative estimate of drug-likeness (QED) is 0.640. The maximum Gasteiger partial charge on any atom is 0.142 e. The van der Waals surface area contributed by atoms with Crippen LogP contribution in [-0.4, -0.2) is 24.2 Å². The average Bonchev–Trinajstić information content (AvgIpc) is 2.62. The van der Waals surface area contributed by atoms with Crippen molar-refractivity contribution in [2.45, 2.75) is 6.92 Å². The Morgan fingerprint density at radius 1 is 0.808 bits per heavy atom. The standard InChI is InChI=1S/C19H19ClN4O2/c1-12-4-6-16(25-2)14(8-12)23-18-10-19(22-11-21-18)24-15-9-13(20)5-7-17(15)26-3/h4-11H,1-3H3,(H2,21,22,23,24). The lowest BCUT2D eigenvalue weighted by Crippen LogP contribution is -2.01. The van der Waals surface area contributed by atoms with Crippen LogP contribution < -0.4 is 20.1 Å². The number of hydrogen-bond acceptors (Lipinski definition) is 6. The number of rotatable bonds is 6. The molecule has 0 aliphatic carbocycles. The lowest BCUT2D eigenvalue weighted by atomic mass is 10.2. The van der Waals surface area contributed by atoms with Crippen molar-refractivity contribution in [3.8, 4) is 11.5 Å². The minimum absolute atomic E-state index is 0.602. The summed E-state index contributed by atoms with van der Waals surface area (Å²) < 4.78 is 10.7. The summed E-state index contributed by atoms with van der Waals surface area (Å²) in [5.41, 5.74) is 2.67. The minimum atomic E-state index is 0.602. The van der Waals surface area contributed by atoms with Crippen LogP contribution in [0.5, 0.6) is 11.5 Å². The molecule has 3 aromatic rings. The van der Waals surface area contributed by atoms with Crippen LogP contribution in [0.15, 0.2) is 48.8 Å². The number of nitrogens with one attached hydrogen (secondary N) is 2. The molecular formula is C19H19ClN4O2. The normalized spacial score (nSPS) is 10.3. The molecule has 0 saturated carbocycles. The molecule has 1 heterocycles. The first-order valence-electron chi connectivity index (χ1n) is 7.93. The fraction of sp³-hybridized carbons (Fsp3) is 0.158. The van der Waals surface area contributed by atoms with Crippen molar-refractivity contribution in [3.63, 3.8) is 0 Å². The van der Waals surface area contributed by atoms with Gasteiger partial charge in [0.1, 0.15) is 29.5 Å². The first-order valence-corrected chi connectivity index (χ1v) is 8.31. The Morgan fingerprint density at radius 2 is 1.38 bits per heavy atom. The van der Waals surface area contributed by atoms with E-state index in [1.54, 1.807) is 38.5 Å². The van der Waals surface area contributed by atoms with E-state index in [4.69, 9.17) is 21.1 Å². The smallest absolute Gasteiger partial charge is 0.142 e. The molecule has 0 aliphatic heterocycles. The summed E-state index contributed by atoms with van der Waals surface area (Å²) in [5.74, 6) is 2.64. The van der Waals surface area contributed by atoms with E-state index in [0.29, 0.717) is 22.4 Å². The molecule has 2 aromatic carbocycles. The highest BCUT2D eigenvalue weighted by Gasteiger charge is 2.08.